The van der Waals surface area contributed by atoms with Crippen LogP contribution in [0.15, 0.2) is 12.2 Å². The fraction of sp³-hybridized carbons (Fsp3) is 0.625. The van der Waals surface area contributed by atoms with Gasteiger partial charge in [-0.3, -0.25) is 0 Å². The summed E-state index contributed by atoms with van der Waals surface area (Å²) in [5.41, 5.74) is 0. The SMILES string of the molecule is CCCC(O)C1(O)C=CC(=O)O1. The summed E-state index contributed by atoms with van der Waals surface area (Å²) in [7, 11) is 0. The molecule has 1 rings (SSSR count). The van der Waals surface area contributed by atoms with Crippen LogP contribution in [0.4, 0.5) is 0 Å². The van der Waals surface area contributed by atoms with Crippen molar-refractivity contribution in [1.82, 2.24) is 0 Å². The van der Waals surface area contributed by atoms with Crippen LogP contribution < -0.4 is 0 Å². The number of hydrogen-bond acceptors (Lipinski definition) is 4. The maximum Gasteiger partial charge on any atom is 0.333 e. The number of aliphatic hydroxyl groups is 2. The summed E-state index contributed by atoms with van der Waals surface area (Å²) in [6.45, 7) is 1.87. The highest BCUT2D eigenvalue weighted by Gasteiger charge is 2.40. The van der Waals surface area contributed by atoms with Crippen LogP contribution in [0, 0.1) is 0 Å². The van der Waals surface area contributed by atoms with Gasteiger partial charge in [0.15, 0.2) is 0 Å². The number of esters is 1. The first kappa shape index (κ1) is 9.22. The van der Waals surface area contributed by atoms with E-state index in [0.29, 0.717) is 6.42 Å². The second-order valence-corrected chi connectivity index (χ2v) is 2.81. The second-order valence-electron chi connectivity index (χ2n) is 2.81. The highest BCUT2D eigenvalue weighted by Crippen LogP contribution is 2.23. The zero-order chi connectivity index (χ0) is 9.19. The van der Waals surface area contributed by atoms with Gasteiger partial charge < -0.3 is 14.9 Å². The molecule has 0 saturated heterocycles. The zero-order valence-electron chi connectivity index (χ0n) is 6.86. The smallest absolute Gasteiger partial charge is 0.333 e. The van der Waals surface area contributed by atoms with E-state index in [1.807, 2.05) is 6.92 Å². The molecule has 4 heteroatoms. The Morgan fingerprint density at radius 3 is 2.83 bits per heavy atom. The van der Waals surface area contributed by atoms with Gasteiger partial charge in [0.2, 0.25) is 0 Å². The Morgan fingerprint density at radius 2 is 2.42 bits per heavy atom. The monoisotopic (exact) mass is 172 g/mol. The lowest BCUT2D eigenvalue weighted by Crippen LogP contribution is -2.41. The minimum absolute atomic E-state index is 0.397. The van der Waals surface area contributed by atoms with Gasteiger partial charge in [-0.25, -0.2) is 4.79 Å². The van der Waals surface area contributed by atoms with Crippen molar-refractivity contribution in [2.45, 2.75) is 31.7 Å². The summed E-state index contributed by atoms with van der Waals surface area (Å²) in [6.07, 6.45) is 2.36. The number of aliphatic hydroxyl groups excluding tert-OH is 1. The van der Waals surface area contributed by atoms with Crippen molar-refractivity contribution in [2.24, 2.45) is 0 Å². The molecule has 4 nitrogen and oxygen atoms in total. The quantitative estimate of drug-likeness (QED) is 0.586. The van der Waals surface area contributed by atoms with Crippen LogP contribution in [0.2, 0.25) is 0 Å². The molecule has 1 aliphatic rings. The van der Waals surface area contributed by atoms with E-state index in [4.69, 9.17) is 0 Å². The molecule has 2 N–H and O–H groups in total. The van der Waals surface area contributed by atoms with Crippen LogP contribution in [-0.4, -0.2) is 28.1 Å². The first-order valence-corrected chi connectivity index (χ1v) is 3.91. The predicted octanol–water partition coefficient (Wildman–Crippen LogP) is -0.0510. The maximum atomic E-state index is 10.6. The molecule has 1 aliphatic heterocycles. The number of carbonyl (C=O) groups excluding carboxylic acids is 1. The normalized spacial score (nSPS) is 30.4. The Hall–Kier alpha value is -0.870. The van der Waals surface area contributed by atoms with Gasteiger partial charge in [0.05, 0.1) is 0 Å². The van der Waals surface area contributed by atoms with E-state index in [2.05, 4.69) is 4.74 Å². The molecule has 2 atom stereocenters. The summed E-state index contributed by atoms with van der Waals surface area (Å²) in [4.78, 5) is 10.6. The van der Waals surface area contributed by atoms with Gasteiger partial charge in [-0.15, -0.1) is 0 Å². The van der Waals surface area contributed by atoms with Gasteiger partial charge in [-0.05, 0) is 12.5 Å². The van der Waals surface area contributed by atoms with Crippen molar-refractivity contribution in [2.75, 3.05) is 0 Å². The Balaban J connectivity index is 2.61. The van der Waals surface area contributed by atoms with Crippen LogP contribution in [0.3, 0.4) is 0 Å². The number of carbonyl (C=O) groups is 1. The van der Waals surface area contributed by atoms with E-state index in [0.717, 1.165) is 12.5 Å². The fourth-order valence-electron chi connectivity index (χ4n) is 1.08. The van der Waals surface area contributed by atoms with Crippen LogP contribution in [-0.2, 0) is 9.53 Å². The van der Waals surface area contributed by atoms with Crippen LogP contribution in [0.1, 0.15) is 19.8 Å². The Morgan fingerprint density at radius 1 is 1.75 bits per heavy atom. The fourth-order valence-corrected chi connectivity index (χ4v) is 1.08. The van der Waals surface area contributed by atoms with Gasteiger partial charge in [-0.2, -0.15) is 0 Å². The Bertz CT molecular complexity index is 211. The lowest BCUT2D eigenvalue weighted by atomic mass is 10.1. The molecule has 0 bridgehead atoms. The summed E-state index contributed by atoms with van der Waals surface area (Å²) in [5.74, 6) is -2.42. The molecule has 0 amide bonds. The first-order chi connectivity index (χ1) is 5.58. The zero-order valence-corrected chi connectivity index (χ0v) is 6.86. The van der Waals surface area contributed by atoms with Gasteiger partial charge in [-0.1, -0.05) is 13.3 Å². The van der Waals surface area contributed by atoms with Crippen LogP contribution in [0.5, 0.6) is 0 Å². The number of rotatable bonds is 3. The molecule has 0 radical (unpaired) electrons. The standard InChI is InChI=1S/C8H12O4/c1-2-3-6(9)8(11)5-4-7(10)12-8/h4-6,9,11H,2-3H2,1H3. The molecule has 0 spiro atoms. The lowest BCUT2D eigenvalue weighted by Gasteiger charge is -2.25. The predicted molar refractivity (Wildman–Crippen MR) is 41.1 cm³/mol. The molecule has 2 unspecified atom stereocenters. The Labute approximate surface area is 70.5 Å². The molecule has 0 aliphatic carbocycles. The second kappa shape index (κ2) is 3.25. The number of ether oxygens (including phenoxy) is 1. The van der Waals surface area contributed by atoms with Crippen molar-refractivity contribution in [3.05, 3.63) is 12.2 Å². The van der Waals surface area contributed by atoms with Crippen molar-refractivity contribution < 1.29 is 19.7 Å². The van der Waals surface area contributed by atoms with Crippen molar-refractivity contribution in [3.8, 4) is 0 Å². The minimum atomic E-state index is -1.80. The van der Waals surface area contributed by atoms with E-state index in [1.165, 1.54) is 6.08 Å². The molecule has 0 fully saturated rings. The molecular weight excluding hydrogens is 160 g/mol. The third-order valence-electron chi connectivity index (χ3n) is 1.76. The van der Waals surface area contributed by atoms with Gasteiger partial charge in [0, 0.05) is 6.08 Å². The number of cyclic esters (lactones) is 1. The average molecular weight is 172 g/mol. The van der Waals surface area contributed by atoms with E-state index in [9.17, 15) is 15.0 Å². The summed E-state index contributed by atoms with van der Waals surface area (Å²) >= 11 is 0. The third kappa shape index (κ3) is 1.65. The van der Waals surface area contributed by atoms with E-state index in [1.54, 1.807) is 0 Å². The molecule has 0 aromatic heterocycles. The summed E-state index contributed by atoms with van der Waals surface area (Å²) < 4.78 is 4.52. The largest absolute Gasteiger partial charge is 0.423 e. The highest BCUT2D eigenvalue weighted by molar-refractivity contribution is 5.84. The third-order valence-corrected chi connectivity index (χ3v) is 1.76. The maximum absolute atomic E-state index is 10.6. The topological polar surface area (TPSA) is 66.8 Å². The minimum Gasteiger partial charge on any atom is -0.423 e. The highest BCUT2D eigenvalue weighted by atomic mass is 16.7. The van der Waals surface area contributed by atoms with Gasteiger partial charge in [0.25, 0.3) is 5.79 Å². The van der Waals surface area contributed by atoms with E-state index >= 15 is 0 Å². The molecular formula is C8H12O4. The molecule has 1 heterocycles. The van der Waals surface area contributed by atoms with Crippen molar-refractivity contribution in [1.29, 1.82) is 0 Å². The molecule has 0 saturated carbocycles. The first-order valence-electron chi connectivity index (χ1n) is 3.91. The molecule has 0 aromatic carbocycles. The van der Waals surface area contributed by atoms with Gasteiger partial charge >= 0.3 is 5.97 Å². The van der Waals surface area contributed by atoms with E-state index < -0.39 is 17.9 Å². The van der Waals surface area contributed by atoms with E-state index in [-0.39, 0.29) is 0 Å². The Kier molecular flexibility index (Phi) is 2.49. The molecule has 68 valence electrons. The lowest BCUT2D eigenvalue weighted by molar-refractivity contribution is -0.212. The molecule has 12 heavy (non-hydrogen) atoms. The number of hydrogen-bond donors (Lipinski definition) is 2. The van der Waals surface area contributed by atoms with Crippen molar-refractivity contribution >= 4 is 5.97 Å². The van der Waals surface area contributed by atoms with Crippen LogP contribution in [0.25, 0.3) is 0 Å². The van der Waals surface area contributed by atoms with Crippen molar-refractivity contribution in [3.63, 3.8) is 0 Å². The van der Waals surface area contributed by atoms with Crippen LogP contribution >= 0.6 is 0 Å². The summed E-state index contributed by atoms with van der Waals surface area (Å²) in [5, 5.41) is 18.8. The average Bonchev–Trinajstić information content (AvgIpc) is 2.33. The summed E-state index contributed by atoms with van der Waals surface area (Å²) in [6, 6.07) is 0. The van der Waals surface area contributed by atoms with Gasteiger partial charge in [0.1, 0.15) is 6.10 Å². The molecule has 0 aromatic rings.